The van der Waals surface area contributed by atoms with Crippen molar-refractivity contribution in [2.75, 3.05) is 11.1 Å². The molecule has 122 valence electrons. The summed E-state index contributed by atoms with van der Waals surface area (Å²) in [6, 6.07) is 10.7. The lowest BCUT2D eigenvalue weighted by atomic mass is 10.2. The molecule has 0 bridgehead atoms. The molecular formula is C17H16N4O3. The second-order valence-electron chi connectivity index (χ2n) is 5.43. The molecule has 0 aliphatic carbocycles. The summed E-state index contributed by atoms with van der Waals surface area (Å²) in [5.74, 6) is -1.28. The van der Waals surface area contributed by atoms with E-state index in [-0.39, 0.29) is 11.4 Å². The minimum Gasteiger partial charge on any atom is -0.477 e. The maximum atomic E-state index is 12.5. The van der Waals surface area contributed by atoms with Crippen LogP contribution in [0.3, 0.4) is 0 Å². The van der Waals surface area contributed by atoms with Crippen molar-refractivity contribution < 1.29 is 9.90 Å². The molecule has 0 aliphatic rings. The number of nitrogens with one attached hydrogen (secondary N) is 1. The van der Waals surface area contributed by atoms with Crippen LogP contribution in [0.25, 0.3) is 5.65 Å². The molecule has 3 rings (SSSR count). The highest BCUT2D eigenvalue weighted by Crippen LogP contribution is 2.15. The average molecular weight is 324 g/mol. The molecule has 2 heterocycles. The van der Waals surface area contributed by atoms with Crippen LogP contribution in [0.15, 0.2) is 47.4 Å². The van der Waals surface area contributed by atoms with Crippen LogP contribution in [-0.4, -0.2) is 20.5 Å². The van der Waals surface area contributed by atoms with Crippen LogP contribution in [0.1, 0.15) is 21.5 Å². The number of benzene rings is 1. The third kappa shape index (κ3) is 2.79. The van der Waals surface area contributed by atoms with Crippen molar-refractivity contribution in [1.29, 1.82) is 0 Å². The first-order valence-corrected chi connectivity index (χ1v) is 7.31. The number of hydrogen-bond acceptors (Lipinski definition) is 5. The van der Waals surface area contributed by atoms with E-state index < -0.39 is 11.5 Å². The number of aromatic carboxylic acids is 1. The van der Waals surface area contributed by atoms with E-state index >= 15 is 0 Å². The van der Waals surface area contributed by atoms with Gasteiger partial charge in [0.1, 0.15) is 11.5 Å². The van der Waals surface area contributed by atoms with Crippen molar-refractivity contribution in [2.45, 2.75) is 13.5 Å². The molecule has 4 N–H and O–H groups in total. The number of carboxylic acid groups (broad SMARTS) is 1. The lowest BCUT2D eigenvalue weighted by Gasteiger charge is -2.12. The van der Waals surface area contributed by atoms with E-state index in [1.54, 1.807) is 24.3 Å². The fourth-order valence-corrected chi connectivity index (χ4v) is 2.51. The van der Waals surface area contributed by atoms with Crippen LogP contribution in [-0.2, 0) is 6.54 Å². The summed E-state index contributed by atoms with van der Waals surface area (Å²) in [4.78, 5) is 28.3. The number of pyridine rings is 1. The smallest absolute Gasteiger partial charge is 0.345 e. The van der Waals surface area contributed by atoms with Crippen LogP contribution in [0.5, 0.6) is 0 Å². The van der Waals surface area contributed by atoms with E-state index in [2.05, 4.69) is 10.3 Å². The Labute approximate surface area is 137 Å². The summed E-state index contributed by atoms with van der Waals surface area (Å²) >= 11 is 0. The molecule has 2 aromatic heterocycles. The number of carbonyl (C=O) groups is 1. The summed E-state index contributed by atoms with van der Waals surface area (Å²) in [5, 5.41) is 12.3. The Kier molecular flexibility index (Phi) is 3.91. The molecule has 0 saturated heterocycles. The second kappa shape index (κ2) is 6.04. The van der Waals surface area contributed by atoms with Gasteiger partial charge in [-0.25, -0.2) is 9.78 Å². The Morgan fingerprint density at radius 3 is 2.83 bits per heavy atom. The minimum absolute atomic E-state index is 0.0456. The maximum Gasteiger partial charge on any atom is 0.345 e. The highest BCUT2D eigenvalue weighted by Gasteiger charge is 2.19. The lowest BCUT2D eigenvalue weighted by Crippen LogP contribution is -2.26. The molecule has 0 amide bonds. The van der Waals surface area contributed by atoms with Gasteiger partial charge in [0.05, 0.1) is 0 Å². The molecule has 3 aromatic rings. The van der Waals surface area contributed by atoms with E-state index in [9.17, 15) is 14.7 Å². The van der Waals surface area contributed by atoms with Gasteiger partial charge in [0, 0.05) is 18.4 Å². The summed E-state index contributed by atoms with van der Waals surface area (Å²) in [6.07, 6.45) is 1.51. The van der Waals surface area contributed by atoms with Crippen molar-refractivity contribution in [3.05, 3.63) is 69.6 Å². The summed E-state index contributed by atoms with van der Waals surface area (Å²) in [5.41, 5.74) is 7.39. The van der Waals surface area contributed by atoms with Crippen molar-refractivity contribution in [2.24, 2.45) is 0 Å². The summed E-state index contributed by atoms with van der Waals surface area (Å²) in [6.45, 7) is 2.11. The summed E-state index contributed by atoms with van der Waals surface area (Å²) in [7, 11) is 0. The highest BCUT2D eigenvalue weighted by atomic mass is 16.4. The number of aryl methyl sites for hydroxylation is 1. The molecule has 0 fully saturated rings. The van der Waals surface area contributed by atoms with E-state index in [0.29, 0.717) is 17.9 Å². The van der Waals surface area contributed by atoms with Crippen molar-refractivity contribution >= 4 is 23.1 Å². The first-order valence-electron chi connectivity index (χ1n) is 7.31. The van der Waals surface area contributed by atoms with Crippen molar-refractivity contribution in [3.8, 4) is 0 Å². The predicted molar refractivity (Wildman–Crippen MR) is 91.3 cm³/mol. The number of hydrogen-bond donors (Lipinski definition) is 3. The molecule has 0 radical (unpaired) electrons. The van der Waals surface area contributed by atoms with Crippen LogP contribution < -0.4 is 16.6 Å². The normalized spacial score (nSPS) is 10.7. The van der Waals surface area contributed by atoms with Crippen LogP contribution in [0, 0.1) is 6.92 Å². The number of anilines is 2. The Hall–Kier alpha value is -3.35. The SMILES string of the molecule is Cc1cccn2c(=O)c(C(=O)O)c(NCc3cccc(N)c3)nc12. The number of rotatable bonds is 4. The summed E-state index contributed by atoms with van der Waals surface area (Å²) < 4.78 is 1.24. The largest absolute Gasteiger partial charge is 0.477 e. The molecular weight excluding hydrogens is 308 g/mol. The Bertz CT molecular complexity index is 995. The number of aromatic nitrogens is 2. The van der Waals surface area contributed by atoms with Crippen molar-refractivity contribution in [1.82, 2.24) is 9.38 Å². The zero-order chi connectivity index (χ0) is 17.3. The third-order valence-corrected chi connectivity index (χ3v) is 3.67. The molecule has 0 saturated carbocycles. The quantitative estimate of drug-likeness (QED) is 0.632. The average Bonchev–Trinajstić information content (AvgIpc) is 2.53. The molecule has 24 heavy (non-hydrogen) atoms. The van der Waals surface area contributed by atoms with Crippen molar-refractivity contribution in [3.63, 3.8) is 0 Å². The monoisotopic (exact) mass is 324 g/mol. The van der Waals surface area contributed by atoms with Gasteiger partial charge in [0.15, 0.2) is 5.56 Å². The van der Waals surface area contributed by atoms with E-state index in [0.717, 1.165) is 11.1 Å². The minimum atomic E-state index is -1.32. The number of nitrogens with two attached hydrogens (primary N) is 1. The fraction of sp³-hybridized carbons (Fsp3) is 0.118. The molecule has 7 nitrogen and oxygen atoms in total. The Morgan fingerprint density at radius 2 is 2.12 bits per heavy atom. The maximum absolute atomic E-state index is 12.5. The standard InChI is InChI=1S/C17H16N4O3/c1-10-4-3-7-21-15(10)20-14(13(16(21)22)17(23)24)19-9-11-5-2-6-12(18)8-11/h2-8,19H,9,18H2,1H3,(H,23,24). The zero-order valence-corrected chi connectivity index (χ0v) is 13.0. The Morgan fingerprint density at radius 1 is 1.33 bits per heavy atom. The predicted octanol–water partition coefficient (Wildman–Crippen LogP) is 1.90. The van der Waals surface area contributed by atoms with Gasteiger partial charge in [0.2, 0.25) is 0 Å². The highest BCUT2D eigenvalue weighted by molar-refractivity contribution is 5.93. The number of nitrogen functional groups attached to an aromatic ring is 1. The van der Waals surface area contributed by atoms with Crippen LogP contribution in [0.2, 0.25) is 0 Å². The zero-order valence-electron chi connectivity index (χ0n) is 13.0. The van der Waals surface area contributed by atoms with Gasteiger partial charge >= 0.3 is 5.97 Å². The Balaban J connectivity index is 2.09. The van der Waals surface area contributed by atoms with Gasteiger partial charge in [0.25, 0.3) is 5.56 Å². The van der Waals surface area contributed by atoms with E-state index in [1.807, 2.05) is 19.1 Å². The van der Waals surface area contributed by atoms with Gasteiger partial charge in [-0.05, 0) is 36.2 Å². The fourth-order valence-electron chi connectivity index (χ4n) is 2.51. The van der Waals surface area contributed by atoms with E-state index in [4.69, 9.17) is 5.73 Å². The topological polar surface area (TPSA) is 110 Å². The second-order valence-corrected chi connectivity index (χ2v) is 5.43. The van der Waals surface area contributed by atoms with Gasteiger partial charge in [-0.1, -0.05) is 18.2 Å². The molecule has 0 unspecified atom stereocenters. The first-order chi connectivity index (χ1) is 11.5. The van der Waals surface area contributed by atoms with Gasteiger partial charge in [-0.2, -0.15) is 0 Å². The molecule has 0 aliphatic heterocycles. The number of nitrogens with zero attached hydrogens (tertiary/aromatic N) is 2. The molecule has 0 atom stereocenters. The van der Waals surface area contributed by atoms with Gasteiger partial charge in [-0.15, -0.1) is 0 Å². The molecule has 7 heteroatoms. The molecule has 0 spiro atoms. The number of carboxylic acids is 1. The lowest BCUT2D eigenvalue weighted by molar-refractivity contribution is 0.0695. The van der Waals surface area contributed by atoms with Gasteiger partial charge < -0.3 is 16.2 Å². The first kappa shape index (κ1) is 15.5. The van der Waals surface area contributed by atoms with Crippen LogP contribution in [0.4, 0.5) is 11.5 Å². The third-order valence-electron chi connectivity index (χ3n) is 3.67. The van der Waals surface area contributed by atoms with Crippen LogP contribution >= 0.6 is 0 Å². The molecule has 1 aromatic carbocycles. The van der Waals surface area contributed by atoms with Gasteiger partial charge in [-0.3, -0.25) is 9.20 Å². The number of fused-ring (bicyclic) bond motifs is 1. The van der Waals surface area contributed by atoms with E-state index in [1.165, 1.54) is 10.6 Å².